The molecule has 0 aliphatic heterocycles. The zero-order chi connectivity index (χ0) is 16.9. The SMILES string of the molecule is CC(C)Oc1ccc(S(=O)(=O)NCC(N)c2ccccc2)cc1.Cl. The molecule has 0 radical (unpaired) electrons. The van der Waals surface area contributed by atoms with Crippen molar-refractivity contribution in [2.24, 2.45) is 5.73 Å². The van der Waals surface area contributed by atoms with E-state index in [0.29, 0.717) is 5.75 Å². The van der Waals surface area contributed by atoms with E-state index in [4.69, 9.17) is 10.5 Å². The van der Waals surface area contributed by atoms with Crippen molar-refractivity contribution in [2.75, 3.05) is 6.54 Å². The van der Waals surface area contributed by atoms with E-state index < -0.39 is 16.1 Å². The van der Waals surface area contributed by atoms with Crippen molar-refractivity contribution in [1.82, 2.24) is 4.72 Å². The lowest BCUT2D eigenvalue weighted by Gasteiger charge is -2.14. The molecule has 0 aromatic heterocycles. The van der Waals surface area contributed by atoms with Crippen LogP contribution in [0.15, 0.2) is 59.5 Å². The smallest absolute Gasteiger partial charge is 0.240 e. The summed E-state index contributed by atoms with van der Waals surface area (Å²) in [6.07, 6.45) is 0.0412. The molecule has 0 aliphatic carbocycles. The van der Waals surface area contributed by atoms with E-state index in [1.165, 1.54) is 12.1 Å². The minimum Gasteiger partial charge on any atom is -0.491 e. The number of benzene rings is 2. The van der Waals surface area contributed by atoms with E-state index in [-0.39, 0.29) is 30.0 Å². The van der Waals surface area contributed by atoms with Gasteiger partial charge in [0.25, 0.3) is 0 Å². The maximum absolute atomic E-state index is 12.3. The lowest BCUT2D eigenvalue weighted by Crippen LogP contribution is -2.31. The van der Waals surface area contributed by atoms with Gasteiger partial charge in [-0.25, -0.2) is 13.1 Å². The summed E-state index contributed by atoms with van der Waals surface area (Å²) in [6.45, 7) is 3.96. The van der Waals surface area contributed by atoms with Crippen molar-refractivity contribution < 1.29 is 13.2 Å². The zero-order valence-corrected chi connectivity index (χ0v) is 15.3. The fourth-order valence-corrected chi connectivity index (χ4v) is 3.13. The molecule has 0 aliphatic rings. The van der Waals surface area contributed by atoms with Gasteiger partial charge in [0.1, 0.15) is 5.75 Å². The molecule has 0 heterocycles. The third-order valence-electron chi connectivity index (χ3n) is 3.23. The Balaban J connectivity index is 0.00000288. The summed E-state index contributed by atoms with van der Waals surface area (Å²) in [4.78, 5) is 0.189. The highest BCUT2D eigenvalue weighted by molar-refractivity contribution is 7.89. The first-order valence-electron chi connectivity index (χ1n) is 7.45. The summed E-state index contributed by atoms with van der Waals surface area (Å²) < 4.78 is 32.6. The van der Waals surface area contributed by atoms with Crippen LogP contribution < -0.4 is 15.2 Å². The van der Waals surface area contributed by atoms with Crippen LogP contribution in [-0.4, -0.2) is 21.1 Å². The third-order valence-corrected chi connectivity index (χ3v) is 4.67. The molecule has 0 bridgehead atoms. The highest BCUT2D eigenvalue weighted by atomic mass is 35.5. The van der Waals surface area contributed by atoms with E-state index in [0.717, 1.165) is 5.56 Å². The number of rotatable bonds is 7. The zero-order valence-electron chi connectivity index (χ0n) is 13.7. The molecule has 0 amide bonds. The van der Waals surface area contributed by atoms with Gasteiger partial charge in [0.05, 0.1) is 11.0 Å². The van der Waals surface area contributed by atoms with Gasteiger partial charge in [0, 0.05) is 12.6 Å². The average molecular weight is 371 g/mol. The summed E-state index contributed by atoms with van der Waals surface area (Å²) in [6, 6.07) is 15.3. The van der Waals surface area contributed by atoms with Crippen LogP contribution in [0.25, 0.3) is 0 Å². The van der Waals surface area contributed by atoms with Gasteiger partial charge in [-0.15, -0.1) is 12.4 Å². The van der Waals surface area contributed by atoms with Gasteiger partial charge < -0.3 is 10.5 Å². The van der Waals surface area contributed by atoms with E-state index in [9.17, 15) is 8.42 Å². The van der Waals surface area contributed by atoms with Crippen molar-refractivity contribution >= 4 is 22.4 Å². The molecule has 2 aromatic carbocycles. The second-order valence-corrected chi connectivity index (χ2v) is 7.27. The maximum Gasteiger partial charge on any atom is 0.240 e. The Kier molecular flexibility index (Phi) is 7.69. The first-order chi connectivity index (χ1) is 10.9. The minimum absolute atomic E-state index is 0. The molecule has 5 nitrogen and oxygen atoms in total. The quantitative estimate of drug-likeness (QED) is 0.785. The number of nitrogens with two attached hydrogens (primary N) is 1. The summed E-state index contributed by atoms with van der Waals surface area (Å²) in [7, 11) is -3.59. The van der Waals surface area contributed by atoms with E-state index >= 15 is 0 Å². The monoisotopic (exact) mass is 370 g/mol. The Labute approximate surface area is 149 Å². The third kappa shape index (κ3) is 5.79. The van der Waals surface area contributed by atoms with Crippen LogP contribution in [-0.2, 0) is 10.0 Å². The Bertz CT molecular complexity index is 719. The van der Waals surface area contributed by atoms with Crippen LogP contribution in [0.3, 0.4) is 0 Å². The van der Waals surface area contributed by atoms with Crippen LogP contribution in [0.1, 0.15) is 25.5 Å². The number of halogens is 1. The van der Waals surface area contributed by atoms with Gasteiger partial charge in [-0.05, 0) is 43.7 Å². The number of hydrogen-bond donors (Lipinski definition) is 2. The molecule has 1 unspecified atom stereocenters. The highest BCUT2D eigenvalue weighted by Gasteiger charge is 2.16. The maximum atomic E-state index is 12.3. The minimum atomic E-state index is -3.59. The number of nitrogens with one attached hydrogen (secondary N) is 1. The van der Waals surface area contributed by atoms with Crippen molar-refractivity contribution in [3.63, 3.8) is 0 Å². The standard InChI is InChI=1S/C17H22N2O3S.ClH/c1-13(2)22-15-8-10-16(11-9-15)23(20,21)19-12-17(18)14-6-4-3-5-7-14;/h3-11,13,17,19H,12,18H2,1-2H3;1H. The molecule has 0 saturated carbocycles. The Morgan fingerprint density at radius 2 is 1.62 bits per heavy atom. The number of hydrogen-bond acceptors (Lipinski definition) is 4. The Morgan fingerprint density at radius 1 is 1.04 bits per heavy atom. The van der Waals surface area contributed by atoms with Crippen molar-refractivity contribution in [2.45, 2.75) is 30.9 Å². The normalized spacial score (nSPS) is 12.5. The predicted octanol–water partition coefficient (Wildman–Crippen LogP) is 2.87. The molecule has 0 spiro atoms. The molecule has 7 heteroatoms. The Morgan fingerprint density at radius 3 is 2.17 bits per heavy atom. The summed E-state index contributed by atoms with van der Waals surface area (Å²) in [5.41, 5.74) is 6.90. The second kappa shape index (κ2) is 9.03. The number of sulfonamides is 1. The first-order valence-corrected chi connectivity index (χ1v) is 8.94. The lowest BCUT2D eigenvalue weighted by molar-refractivity contribution is 0.242. The first kappa shape index (κ1) is 20.4. The fraction of sp³-hybridized carbons (Fsp3) is 0.294. The highest BCUT2D eigenvalue weighted by Crippen LogP contribution is 2.17. The molecule has 0 fully saturated rings. The van der Waals surface area contributed by atoms with Gasteiger partial charge in [-0.2, -0.15) is 0 Å². The number of ether oxygens (including phenoxy) is 1. The molecule has 3 N–H and O–H groups in total. The summed E-state index contributed by atoms with van der Waals surface area (Å²) in [5, 5.41) is 0. The summed E-state index contributed by atoms with van der Waals surface area (Å²) >= 11 is 0. The molecule has 0 saturated heterocycles. The lowest BCUT2D eigenvalue weighted by atomic mass is 10.1. The van der Waals surface area contributed by atoms with Gasteiger partial charge in [0.15, 0.2) is 0 Å². The van der Waals surface area contributed by atoms with E-state index in [1.54, 1.807) is 12.1 Å². The molecular weight excluding hydrogens is 348 g/mol. The van der Waals surface area contributed by atoms with Crippen LogP contribution in [0, 0.1) is 0 Å². The van der Waals surface area contributed by atoms with Crippen molar-refractivity contribution in [1.29, 1.82) is 0 Å². The van der Waals surface area contributed by atoms with Crippen molar-refractivity contribution in [3.05, 3.63) is 60.2 Å². The van der Waals surface area contributed by atoms with Crippen LogP contribution in [0.4, 0.5) is 0 Å². The fourth-order valence-electron chi connectivity index (χ4n) is 2.07. The van der Waals surface area contributed by atoms with Gasteiger partial charge in [0.2, 0.25) is 10.0 Å². The molecule has 2 aromatic rings. The van der Waals surface area contributed by atoms with Gasteiger partial charge in [-0.3, -0.25) is 0 Å². The molecular formula is C17H23ClN2O3S. The van der Waals surface area contributed by atoms with Crippen LogP contribution in [0.5, 0.6) is 5.75 Å². The molecule has 1 atom stereocenters. The van der Waals surface area contributed by atoms with Crippen LogP contribution in [0.2, 0.25) is 0 Å². The Hall–Kier alpha value is -1.60. The largest absolute Gasteiger partial charge is 0.491 e. The van der Waals surface area contributed by atoms with Gasteiger partial charge in [-0.1, -0.05) is 30.3 Å². The average Bonchev–Trinajstić information content (AvgIpc) is 2.53. The van der Waals surface area contributed by atoms with E-state index in [2.05, 4.69) is 4.72 Å². The second-order valence-electron chi connectivity index (χ2n) is 5.51. The summed E-state index contributed by atoms with van der Waals surface area (Å²) in [5.74, 6) is 0.639. The topological polar surface area (TPSA) is 81.4 Å². The van der Waals surface area contributed by atoms with Gasteiger partial charge >= 0.3 is 0 Å². The molecule has 24 heavy (non-hydrogen) atoms. The van der Waals surface area contributed by atoms with Crippen molar-refractivity contribution in [3.8, 4) is 5.75 Å². The molecule has 2 rings (SSSR count). The molecule has 132 valence electrons. The van der Waals surface area contributed by atoms with Crippen LogP contribution >= 0.6 is 12.4 Å². The van der Waals surface area contributed by atoms with E-state index in [1.807, 2.05) is 44.2 Å². The predicted molar refractivity (Wildman–Crippen MR) is 98.0 cm³/mol.